The second-order valence-corrected chi connectivity index (χ2v) is 9.72. The third-order valence-corrected chi connectivity index (χ3v) is 8.21. The molecule has 0 saturated carbocycles. The summed E-state index contributed by atoms with van der Waals surface area (Å²) in [6, 6.07) is 14.7. The molecule has 27 heavy (non-hydrogen) atoms. The second kappa shape index (κ2) is 7.34. The Hall–Kier alpha value is -1.76. The SMILES string of the molecule is C[C@H](c1cccc(F)c1)N1CCN(S(=O)(=O)C2Cc3ccccc3C2)CC1. The largest absolute Gasteiger partial charge is 0.294 e. The molecule has 144 valence electrons. The minimum absolute atomic E-state index is 0.0706. The van der Waals surface area contributed by atoms with Crippen LogP contribution in [0.2, 0.25) is 0 Å². The molecule has 6 heteroatoms. The van der Waals surface area contributed by atoms with Gasteiger partial charge in [-0.2, -0.15) is 4.31 Å². The summed E-state index contributed by atoms with van der Waals surface area (Å²) < 4.78 is 41.4. The highest BCUT2D eigenvalue weighted by molar-refractivity contribution is 7.89. The van der Waals surface area contributed by atoms with Crippen molar-refractivity contribution in [3.05, 3.63) is 71.0 Å². The van der Waals surface area contributed by atoms with Crippen molar-refractivity contribution in [1.29, 1.82) is 0 Å². The minimum atomic E-state index is -3.30. The van der Waals surface area contributed by atoms with Gasteiger partial charge >= 0.3 is 0 Å². The van der Waals surface area contributed by atoms with Gasteiger partial charge in [0.2, 0.25) is 10.0 Å². The summed E-state index contributed by atoms with van der Waals surface area (Å²) in [5, 5.41) is -0.345. The van der Waals surface area contributed by atoms with E-state index in [4.69, 9.17) is 0 Å². The lowest BCUT2D eigenvalue weighted by Crippen LogP contribution is -2.51. The number of benzene rings is 2. The fourth-order valence-electron chi connectivity index (χ4n) is 4.26. The van der Waals surface area contributed by atoms with Crippen LogP contribution in [0.15, 0.2) is 48.5 Å². The van der Waals surface area contributed by atoms with E-state index < -0.39 is 10.0 Å². The van der Waals surface area contributed by atoms with Gasteiger partial charge in [0.05, 0.1) is 5.25 Å². The molecular formula is C21H25FN2O2S. The van der Waals surface area contributed by atoms with Gasteiger partial charge in [-0.25, -0.2) is 12.8 Å². The summed E-state index contributed by atoms with van der Waals surface area (Å²) in [4.78, 5) is 2.23. The first-order valence-corrected chi connectivity index (χ1v) is 11.0. The molecule has 0 radical (unpaired) electrons. The molecule has 0 bridgehead atoms. The van der Waals surface area contributed by atoms with Crippen LogP contribution in [0.25, 0.3) is 0 Å². The Morgan fingerprint density at radius 1 is 0.963 bits per heavy atom. The molecule has 0 unspecified atom stereocenters. The topological polar surface area (TPSA) is 40.6 Å². The van der Waals surface area contributed by atoms with Crippen molar-refractivity contribution < 1.29 is 12.8 Å². The van der Waals surface area contributed by atoms with E-state index in [0.717, 1.165) is 16.7 Å². The van der Waals surface area contributed by atoms with Crippen molar-refractivity contribution >= 4 is 10.0 Å². The Kier molecular flexibility index (Phi) is 5.05. The maximum atomic E-state index is 13.5. The molecular weight excluding hydrogens is 363 g/mol. The number of sulfonamides is 1. The molecule has 0 aromatic heterocycles. The lowest BCUT2D eigenvalue weighted by atomic mass is 10.1. The summed E-state index contributed by atoms with van der Waals surface area (Å²) >= 11 is 0. The van der Waals surface area contributed by atoms with Gasteiger partial charge in [-0.15, -0.1) is 0 Å². The van der Waals surface area contributed by atoms with Crippen molar-refractivity contribution in [1.82, 2.24) is 9.21 Å². The predicted octanol–water partition coefficient (Wildman–Crippen LogP) is 3.00. The summed E-state index contributed by atoms with van der Waals surface area (Å²) in [5.41, 5.74) is 3.24. The van der Waals surface area contributed by atoms with Crippen LogP contribution in [0.3, 0.4) is 0 Å². The zero-order valence-electron chi connectivity index (χ0n) is 15.5. The Morgan fingerprint density at radius 3 is 2.19 bits per heavy atom. The zero-order valence-corrected chi connectivity index (χ0v) is 16.3. The van der Waals surface area contributed by atoms with Crippen molar-refractivity contribution in [2.75, 3.05) is 26.2 Å². The molecule has 2 aliphatic rings. The average molecular weight is 389 g/mol. The Labute approximate surface area is 160 Å². The second-order valence-electron chi connectivity index (χ2n) is 7.51. The van der Waals surface area contributed by atoms with Crippen LogP contribution >= 0.6 is 0 Å². The van der Waals surface area contributed by atoms with E-state index in [1.165, 1.54) is 6.07 Å². The number of hydrogen-bond acceptors (Lipinski definition) is 3. The standard InChI is InChI=1S/C21H25FN2O2S/c1-16(17-7-4-8-20(22)13-17)23-9-11-24(12-10-23)27(25,26)21-14-18-5-2-3-6-19(18)15-21/h2-8,13,16,21H,9-12,14-15H2,1H3/t16-/m1/s1. The summed E-state index contributed by atoms with van der Waals surface area (Å²) in [6.45, 7) is 4.36. The van der Waals surface area contributed by atoms with Crippen LogP contribution in [0.4, 0.5) is 4.39 Å². The number of rotatable bonds is 4. The van der Waals surface area contributed by atoms with Crippen molar-refractivity contribution in [2.24, 2.45) is 0 Å². The van der Waals surface area contributed by atoms with E-state index in [-0.39, 0.29) is 17.1 Å². The molecule has 1 saturated heterocycles. The van der Waals surface area contributed by atoms with Gasteiger partial charge in [-0.1, -0.05) is 36.4 Å². The number of hydrogen-bond donors (Lipinski definition) is 0. The van der Waals surface area contributed by atoms with E-state index in [2.05, 4.69) is 4.90 Å². The van der Waals surface area contributed by atoms with Crippen LogP contribution in [0.1, 0.15) is 29.7 Å². The van der Waals surface area contributed by atoms with E-state index >= 15 is 0 Å². The maximum absolute atomic E-state index is 13.5. The quantitative estimate of drug-likeness (QED) is 0.809. The molecule has 0 N–H and O–H groups in total. The summed E-state index contributed by atoms with van der Waals surface area (Å²) in [7, 11) is -3.30. The number of fused-ring (bicyclic) bond motifs is 1. The molecule has 2 aromatic rings. The Balaban J connectivity index is 1.40. The molecule has 1 fully saturated rings. The molecule has 1 aliphatic carbocycles. The summed E-state index contributed by atoms with van der Waals surface area (Å²) in [5.74, 6) is -0.235. The highest BCUT2D eigenvalue weighted by Crippen LogP contribution is 2.29. The van der Waals surface area contributed by atoms with Crippen molar-refractivity contribution in [2.45, 2.75) is 31.1 Å². The number of piperazine rings is 1. The fraction of sp³-hybridized carbons (Fsp3) is 0.429. The molecule has 1 aliphatic heterocycles. The smallest absolute Gasteiger partial charge is 0.217 e. The van der Waals surface area contributed by atoms with E-state index in [9.17, 15) is 12.8 Å². The van der Waals surface area contributed by atoms with Crippen LogP contribution < -0.4 is 0 Å². The minimum Gasteiger partial charge on any atom is -0.294 e. The monoisotopic (exact) mass is 388 g/mol. The Morgan fingerprint density at radius 2 is 1.59 bits per heavy atom. The lowest BCUT2D eigenvalue weighted by Gasteiger charge is -2.38. The zero-order chi connectivity index (χ0) is 19.0. The van der Waals surface area contributed by atoms with Crippen LogP contribution in [0.5, 0.6) is 0 Å². The average Bonchev–Trinajstić information content (AvgIpc) is 3.13. The molecule has 0 amide bonds. The van der Waals surface area contributed by atoms with E-state index in [0.29, 0.717) is 39.0 Å². The van der Waals surface area contributed by atoms with Gasteiger partial charge in [-0.05, 0) is 48.6 Å². The predicted molar refractivity (Wildman–Crippen MR) is 105 cm³/mol. The highest BCUT2D eigenvalue weighted by Gasteiger charge is 2.38. The van der Waals surface area contributed by atoms with Gasteiger partial charge in [0.25, 0.3) is 0 Å². The Bertz CT molecular complexity index is 898. The molecule has 4 nitrogen and oxygen atoms in total. The van der Waals surface area contributed by atoms with E-state index in [1.54, 1.807) is 16.4 Å². The molecule has 0 spiro atoms. The van der Waals surface area contributed by atoms with Gasteiger partial charge in [0, 0.05) is 32.2 Å². The first kappa shape index (κ1) is 18.6. The number of nitrogens with zero attached hydrogens (tertiary/aromatic N) is 2. The van der Waals surface area contributed by atoms with E-state index in [1.807, 2.05) is 37.3 Å². The highest BCUT2D eigenvalue weighted by atomic mass is 32.2. The van der Waals surface area contributed by atoms with Gasteiger partial charge < -0.3 is 0 Å². The van der Waals surface area contributed by atoms with Crippen LogP contribution in [0, 0.1) is 5.82 Å². The van der Waals surface area contributed by atoms with Gasteiger partial charge in [0.1, 0.15) is 5.82 Å². The van der Waals surface area contributed by atoms with Crippen LogP contribution in [-0.4, -0.2) is 49.1 Å². The third-order valence-electron chi connectivity index (χ3n) is 5.95. The van der Waals surface area contributed by atoms with Crippen molar-refractivity contribution in [3.63, 3.8) is 0 Å². The molecule has 4 rings (SSSR count). The third kappa shape index (κ3) is 3.66. The number of halogens is 1. The maximum Gasteiger partial charge on any atom is 0.217 e. The van der Waals surface area contributed by atoms with Crippen LogP contribution in [-0.2, 0) is 22.9 Å². The van der Waals surface area contributed by atoms with Gasteiger partial charge in [0.15, 0.2) is 0 Å². The summed E-state index contributed by atoms with van der Waals surface area (Å²) in [6.07, 6.45) is 1.22. The first-order chi connectivity index (χ1) is 12.9. The first-order valence-electron chi connectivity index (χ1n) is 9.50. The van der Waals surface area contributed by atoms with Gasteiger partial charge in [-0.3, -0.25) is 4.90 Å². The molecule has 2 aromatic carbocycles. The molecule has 1 heterocycles. The fourth-order valence-corrected chi connectivity index (χ4v) is 6.14. The normalized spacial score (nSPS) is 20.5. The lowest BCUT2D eigenvalue weighted by molar-refractivity contribution is 0.145. The van der Waals surface area contributed by atoms with Crippen molar-refractivity contribution in [3.8, 4) is 0 Å². The molecule has 1 atom stereocenters.